The highest BCUT2D eigenvalue weighted by molar-refractivity contribution is 6.11. The van der Waals surface area contributed by atoms with Gasteiger partial charge >= 0.3 is 0 Å². The first-order valence-corrected chi connectivity index (χ1v) is 3.65. The van der Waals surface area contributed by atoms with Crippen molar-refractivity contribution in [3.05, 3.63) is 57.7 Å². The number of carbonyl (C=O) groups excluding carboxylic acids is 1. The molecule has 2 rings (SSSR count). The smallest absolute Gasteiger partial charge is 0.197 e. The number of carbonyl (C=O) groups is 1. The minimum atomic E-state index is -0.166. The number of benzene rings is 1. The van der Waals surface area contributed by atoms with Crippen LogP contribution >= 0.6 is 0 Å². The maximum absolute atomic E-state index is 11.3. The highest BCUT2D eigenvalue weighted by atomic mass is 16.1. The van der Waals surface area contributed by atoms with Crippen molar-refractivity contribution in [3.63, 3.8) is 0 Å². The molecule has 0 aromatic heterocycles. The second-order valence-electron chi connectivity index (χ2n) is 2.62. The summed E-state index contributed by atoms with van der Waals surface area (Å²) < 4.78 is 0. The third kappa shape index (κ3) is 1.07. The van der Waals surface area contributed by atoms with Crippen LogP contribution in [0.4, 0.5) is 0 Å². The van der Waals surface area contributed by atoms with E-state index in [9.17, 15) is 9.59 Å². The predicted octanol–water partition coefficient (Wildman–Crippen LogP) is 1.15. The summed E-state index contributed by atoms with van der Waals surface area (Å²) in [5.74, 6) is -0.166. The lowest BCUT2D eigenvalue weighted by Gasteiger charge is -1.91. The fraction of sp³-hybridized carbons (Fsp3) is 0. The van der Waals surface area contributed by atoms with Crippen molar-refractivity contribution < 1.29 is 4.79 Å². The number of hydrogen-bond acceptors (Lipinski definition) is 2. The average molecular weight is 158 g/mol. The first kappa shape index (κ1) is 6.98. The summed E-state index contributed by atoms with van der Waals surface area (Å²) in [4.78, 5) is 21.9. The molecule has 0 bridgehead atoms. The van der Waals surface area contributed by atoms with Crippen LogP contribution in [0.1, 0.15) is 15.9 Å². The second kappa shape index (κ2) is 2.41. The Bertz CT molecular complexity index is 419. The number of hydrogen-bond donors (Lipinski definition) is 0. The highest BCUT2D eigenvalue weighted by Crippen LogP contribution is 2.07. The quantitative estimate of drug-likeness (QED) is 0.614. The van der Waals surface area contributed by atoms with Crippen molar-refractivity contribution >= 4 is 5.78 Å². The third-order valence-electron chi connectivity index (χ3n) is 1.74. The Morgan fingerprint density at radius 3 is 2.17 bits per heavy atom. The zero-order valence-corrected chi connectivity index (χ0v) is 6.28. The Hall–Kier alpha value is -1.70. The molecular weight excluding hydrogens is 152 g/mol. The summed E-state index contributed by atoms with van der Waals surface area (Å²) in [6.07, 6.45) is 0. The van der Waals surface area contributed by atoms with Crippen molar-refractivity contribution in [2.75, 3.05) is 0 Å². The Morgan fingerprint density at radius 2 is 1.67 bits per heavy atom. The van der Waals surface area contributed by atoms with Crippen LogP contribution in [-0.4, -0.2) is 5.78 Å². The Kier molecular flexibility index (Phi) is 1.40. The van der Waals surface area contributed by atoms with E-state index in [1.807, 2.05) is 6.07 Å². The van der Waals surface area contributed by atoms with Crippen LogP contribution in [0.3, 0.4) is 0 Å². The molecule has 0 N–H and O–H groups in total. The molecule has 0 saturated heterocycles. The number of rotatable bonds is 2. The van der Waals surface area contributed by atoms with Gasteiger partial charge in [-0.1, -0.05) is 30.3 Å². The lowest BCUT2D eigenvalue weighted by atomic mass is 10.1. The Labute approximate surface area is 69.1 Å². The molecule has 0 aliphatic carbocycles. The molecule has 0 radical (unpaired) electrons. The van der Waals surface area contributed by atoms with Crippen molar-refractivity contribution in [2.45, 2.75) is 0 Å². The van der Waals surface area contributed by atoms with E-state index in [0.717, 1.165) is 0 Å². The van der Waals surface area contributed by atoms with Crippen LogP contribution in [0.5, 0.6) is 0 Å². The molecule has 0 unspecified atom stereocenters. The maximum Gasteiger partial charge on any atom is 0.197 e. The summed E-state index contributed by atoms with van der Waals surface area (Å²) in [5.41, 5.74) is 0.764. The van der Waals surface area contributed by atoms with Gasteiger partial charge in [0, 0.05) is 11.6 Å². The molecule has 2 aromatic carbocycles. The van der Waals surface area contributed by atoms with Gasteiger partial charge in [-0.15, -0.1) is 0 Å². The van der Waals surface area contributed by atoms with Crippen LogP contribution < -0.4 is 5.43 Å². The van der Waals surface area contributed by atoms with Gasteiger partial charge in [0.05, 0.1) is 5.56 Å². The molecule has 2 nitrogen and oxygen atoms in total. The maximum atomic E-state index is 11.3. The van der Waals surface area contributed by atoms with Gasteiger partial charge in [0.15, 0.2) is 11.2 Å². The third-order valence-corrected chi connectivity index (χ3v) is 1.74. The molecular formula is C10H6O2. The molecule has 58 valence electrons. The van der Waals surface area contributed by atoms with Crippen molar-refractivity contribution in [3.8, 4) is 0 Å². The summed E-state index contributed by atoms with van der Waals surface area (Å²) in [6, 6.07) is 10.2. The van der Waals surface area contributed by atoms with Crippen LogP contribution in [0.25, 0.3) is 0 Å². The first-order chi connectivity index (χ1) is 5.79. The van der Waals surface area contributed by atoms with E-state index in [0.29, 0.717) is 11.1 Å². The SMILES string of the molecule is O=C(c1ccccc1)c1cc1=O. The van der Waals surface area contributed by atoms with Gasteiger partial charge in [-0.2, -0.15) is 0 Å². The fourth-order valence-electron chi connectivity index (χ4n) is 1.02. The Morgan fingerprint density at radius 1 is 1.08 bits per heavy atom. The number of ketones is 1. The minimum Gasteiger partial charge on any atom is -0.289 e. The van der Waals surface area contributed by atoms with E-state index in [2.05, 4.69) is 0 Å². The summed E-state index contributed by atoms with van der Waals surface area (Å²) in [7, 11) is 0. The van der Waals surface area contributed by atoms with Crippen LogP contribution in [0, 0.1) is 0 Å². The predicted molar refractivity (Wildman–Crippen MR) is 45.0 cm³/mol. The summed E-state index contributed by atoms with van der Waals surface area (Å²) in [6.45, 7) is 0. The Balaban J connectivity index is 2.34. The van der Waals surface area contributed by atoms with Gasteiger partial charge in [0.1, 0.15) is 0 Å². The van der Waals surface area contributed by atoms with Gasteiger partial charge in [-0.05, 0) is 0 Å². The van der Waals surface area contributed by atoms with Gasteiger partial charge in [-0.3, -0.25) is 9.59 Å². The molecule has 0 aliphatic heterocycles. The molecule has 2 heteroatoms. The molecule has 0 saturated carbocycles. The van der Waals surface area contributed by atoms with Crippen molar-refractivity contribution in [1.29, 1.82) is 0 Å². The molecule has 2 aromatic rings. The van der Waals surface area contributed by atoms with Crippen molar-refractivity contribution in [1.82, 2.24) is 0 Å². The lowest BCUT2D eigenvalue weighted by Crippen LogP contribution is -1.98. The molecule has 0 fully saturated rings. The average Bonchev–Trinajstić information content (AvgIpc) is 2.83. The van der Waals surface area contributed by atoms with Gasteiger partial charge in [-0.25, -0.2) is 0 Å². The zero-order valence-electron chi connectivity index (χ0n) is 6.28. The van der Waals surface area contributed by atoms with E-state index < -0.39 is 0 Å². The standard InChI is InChI=1S/C10H6O2/c11-9-6-8(9)10(12)7-4-2-1-3-5-7/h1-6H. The van der Waals surface area contributed by atoms with E-state index in [-0.39, 0.29) is 11.2 Å². The van der Waals surface area contributed by atoms with Crippen molar-refractivity contribution in [2.24, 2.45) is 0 Å². The molecule has 12 heavy (non-hydrogen) atoms. The zero-order chi connectivity index (χ0) is 8.55. The molecule has 0 heterocycles. The molecule has 0 atom stereocenters. The van der Waals surface area contributed by atoms with Gasteiger partial charge in [0.2, 0.25) is 0 Å². The highest BCUT2D eigenvalue weighted by Gasteiger charge is 2.18. The second-order valence-corrected chi connectivity index (χ2v) is 2.62. The minimum absolute atomic E-state index is 0.135. The summed E-state index contributed by atoms with van der Waals surface area (Å²) in [5, 5.41) is 0. The van der Waals surface area contributed by atoms with Crippen LogP contribution in [0.2, 0.25) is 0 Å². The topological polar surface area (TPSA) is 34.1 Å². The molecule has 0 spiro atoms. The van der Waals surface area contributed by atoms with Crippen LogP contribution in [-0.2, 0) is 0 Å². The van der Waals surface area contributed by atoms with Gasteiger partial charge in [0.25, 0.3) is 0 Å². The van der Waals surface area contributed by atoms with E-state index >= 15 is 0 Å². The van der Waals surface area contributed by atoms with E-state index in [1.165, 1.54) is 6.07 Å². The molecule has 0 aliphatic rings. The van der Waals surface area contributed by atoms with E-state index in [4.69, 9.17) is 0 Å². The normalized spacial score (nSPS) is 10.3. The fourth-order valence-corrected chi connectivity index (χ4v) is 1.02. The monoisotopic (exact) mass is 158 g/mol. The van der Waals surface area contributed by atoms with E-state index in [1.54, 1.807) is 24.3 Å². The first-order valence-electron chi connectivity index (χ1n) is 3.65. The lowest BCUT2D eigenvalue weighted by molar-refractivity contribution is 0.104. The van der Waals surface area contributed by atoms with Crippen LogP contribution in [0.15, 0.2) is 41.2 Å². The molecule has 0 amide bonds. The largest absolute Gasteiger partial charge is 0.289 e. The summed E-state index contributed by atoms with van der Waals surface area (Å²) >= 11 is 0. The van der Waals surface area contributed by atoms with Gasteiger partial charge < -0.3 is 0 Å².